The third kappa shape index (κ3) is 4.95. The van der Waals surface area contributed by atoms with Crippen molar-refractivity contribution in [3.8, 4) is 17.2 Å². The van der Waals surface area contributed by atoms with Crippen molar-refractivity contribution in [1.82, 2.24) is 0 Å². The summed E-state index contributed by atoms with van der Waals surface area (Å²) >= 11 is 0. The average molecular weight is 401 g/mol. The van der Waals surface area contributed by atoms with Gasteiger partial charge in [-0.05, 0) is 30.3 Å². The Morgan fingerprint density at radius 1 is 0.897 bits per heavy atom. The third-order valence-electron chi connectivity index (χ3n) is 3.94. The largest absolute Gasteiger partial charge is 0.486 e. The lowest BCUT2D eigenvalue weighted by Gasteiger charge is -2.18. The van der Waals surface area contributed by atoms with Crippen LogP contribution < -0.4 is 19.5 Å². The van der Waals surface area contributed by atoms with Gasteiger partial charge in [-0.2, -0.15) is 0 Å². The molecule has 0 unspecified atom stereocenters. The number of nitrogens with one attached hydrogen (secondary N) is 1. The van der Waals surface area contributed by atoms with Crippen LogP contribution in [0.25, 0.3) is 0 Å². The van der Waals surface area contributed by atoms with Crippen LogP contribution in [0, 0.1) is 0 Å². The van der Waals surface area contributed by atoms with E-state index in [9.17, 15) is 14.4 Å². The summed E-state index contributed by atoms with van der Waals surface area (Å²) in [6.07, 6.45) is 0. The molecule has 1 heterocycles. The predicted octanol–water partition coefficient (Wildman–Crippen LogP) is 2.05. The molecule has 3 rings (SSSR count). The Bertz CT molecular complexity index is 906. The predicted molar refractivity (Wildman–Crippen MR) is 101 cm³/mol. The van der Waals surface area contributed by atoms with Crippen LogP contribution in [-0.2, 0) is 14.3 Å². The van der Waals surface area contributed by atoms with E-state index in [0.717, 1.165) is 0 Å². The molecule has 0 fully saturated rings. The summed E-state index contributed by atoms with van der Waals surface area (Å²) < 4.78 is 25.7. The van der Waals surface area contributed by atoms with E-state index >= 15 is 0 Å². The maximum atomic E-state index is 12.3. The second-order valence-electron chi connectivity index (χ2n) is 5.92. The minimum Gasteiger partial charge on any atom is -0.486 e. The van der Waals surface area contributed by atoms with Gasteiger partial charge in [0.25, 0.3) is 5.91 Å². The van der Waals surface area contributed by atoms with E-state index in [1.807, 2.05) is 0 Å². The monoisotopic (exact) mass is 401 g/mol. The van der Waals surface area contributed by atoms with Gasteiger partial charge < -0.3 is 29.0 Å². The number of rotatable bonds is 6. The van der Waals surface area contributed by atoms with Gasteiger partial charge in [0.2, 0.25) is 0 Å². The number of carbonyl (C=O) groups is 3. The summed E-state index contributed by atoms with van der Waals surface area (Å²) in [6.45, 7) is 0.624. The highest BCUT2D eigenvalue weighted by Crippen LogP contribution is 2.33. The van der Waals surface area contributed by atoms with E-state index in [0.29, 0.717) is 30.5 Å². The van der Waals surface area contributed by atoms with Crippen molar-refractivity contribution >= 4 is 23.5 Å². The molecule has 2 aromatic rings. The second kappa shape index (κ2) is 8.96. The minimum atomic E-state index is -0.654. The van der Waals surface area contributed by atoms with Crippen molar-refractivity contribution in [1.29, 1.82) is 0 Å². The van der Waals surface area contributed by atoms with Crippen molar-refractivity contribution in [2.24, 2.45) is 0 Å². The number of anilines is 1. The Balaban J connectivity index is 1.68. The molecule has 9 nitrogen and oxygen atoms in total. The van der Waals surface area contributed by atoms with Crippen molar-refractivity contribution in [2.75, 3.05) is 39.4 Å². The van der Waals surface area contributed by atoms with Crippen LogP contribution in [0.3, 0.4) is 0 Å². The molecule has 1 amide bonds. The Kier molecular flexibility index (Phi) is 6.18. The standard InChI is InChI=1S/C20H19NO8/c1-25-19(23)12-7-13(20(24)26-2)9-14(8-12)21-18(22)11-29-15-3-4-16-17(10-15)28-6-5-27-16/h3-4,7-10H,5-6,11H2,1-2H3,(H,21,22). The molecule has 152 valence electrons. The fourth-order valence-corrected chi connectivity index (χ4v) is 2.63. The highest BCUT2D eigenvalue weighted by molar-refractivity contribution is 5.99. The molecule has 2 aromatic carbocycles. The number of carbonyl (C=O) groups excluding carboxylic acids is 3. The molecule has 0 aliphatic carbocycles. The van der Waals surface area contributed by atoms with Crippen molar-refractivity contribution in [3.05, 3.63) is 47.5 Å². The van der Waals surface area contributed by atoms with Gasteiger partial charge in [0.1, 0.15) is 19.0 Å². The number of esters is 2. The molecule has 0 saturated carbocycles. The van der Waals surface area contributed by atoms with Crippen LogP contribution in [0.5, 0.6) is 17.2 Å². The first-order valence-corrected chi connectivity index (χ1v) is 8.64. The van der Waals surface area contributed by atoms with Crippen LogP contribution in [-0.4, -0.2) is 51.9 Å². The van der Waals surface area contributed by atoms with Crippen LogP contribution in [0.2, 0.25) is 0 Å². The first-order chi connectivity index (χ1) is 14.0. The van der Waals surface area contributed by atoms with Crippen molar-refractivity contribution in [2.45, 2.75) is 0 Å². The number of benzene rings is 2. The van der Waals surface area contributed by atoms with E-state index < -0.39 is 17.8 Å². The molecule has 0 spiro atoms. The van der Waals surface area contributed by atoms with E-state index in [-0.39, 0.29) is 23.4 Å². The van der Waals surface area contributed by atoms with E-state index in [2.05, 4.69) is 14.8 Å². The molecule has 0 aromatic heterocycles. The first-order valence-electron chi connectivity index (χ1n) is 8.64. The topological polar surface area (TPSA) is 109 Å². The zero-order valence-electron chi connectivity index (χ0n) is 15.9. The molecule has 1 N–H and O–H groups in total. The highest BCUT2D eigenvalue weighted by Gasteiger charge is 2.16. The molecule has 0 saturated heterocycles. The Morgan fingerprint density at radius 3 is 2.14 bits per heavy atom. The minimum absolute atomic E-state index is 0.0958. The summed E-state index contributed by atoms with van der Waals surface area (Å²) in [5.41, 5.74) is 0.418. The highest BCUT2D eigenvalue weighted by atomic mass is 16.6. The quantitative estimate of drug-likeness (QED) is 0.733. The van der Waals surface area contributed by atoms with Crippen LogP contribution in [0.4, 0.5) is 5.69 Å². The number of hydrogen-bond donors (Lipinski definition) is 1. The first kappa shape index (κ1) is 20.0. The zero-order valence-corrected chi connectivity index (χ0v) is 15.9. The van der Waals surface area contributed by atoms with Gasteiger partial charge in [-0.3, -0.25) is 4.79 Å². The molecule has 29 heavy (non-hydrogen) atoms. The van der Waals surface area contributed by atoms with E-state index in [1.54, 1.807) is 18.2 Å². The molecule has 0 radical (unpaired) electrons. The van der Waals surface area contributed by atoms with Gasteiger partial charge >= 0.3 is 11.9 Å². The van der Waals surface area contributed by atoms with E-state index in [4.69, 9.17) is 14.2 Å². The van der Waals surface area contributed by atoms with Crippen molar-refractivity contribution < 1.29 is 38.1 Å². The number of ether oxygens (including phenoxy) is 5. The second-order valence-corrected chi connectivity index (χ2v) is 5.92. The summed E-state index contributed by atoms with van der Waals surface area (Å²) in [4.78, 5) is 35.9. The zero-order chi connectivity index (χ0) is 20.8. The van der Waals surface area contributed by atoms with Gasteiger partial charge in [0.05, 0.1) is 25.3 Å². The molecule has 0 atom stereocenters. The number of fused-ring (bicyclic) bond motifs is 1. The maximum Gasteiger partial charge on any atom is 0.337 e. The molecule has 1 aliphatic rings. The van der Waals surface area contributed by atoms with Gasteiger partial charge in [-0.1, -0.05) is 0 Å². The molecular formula is C20H19NO8. The lowest BCUT2D eigenvalue weighted by Crippen LogP contribution is -2.21. The smallest absolute Gasteiger partial charge is 0.337 e. The fraction of sp³-hybridized carbons (Fsp3) is 0.250. The SMILES string of the molecule is COC(=O)c1cc(NC(=O)COc2ccc3c(c2)OCCO3)cc(C(=O)OC)c1. The van der Waals surface area contributed by atoms with Crippen LogP contribution in [0.1, 0.15) is 20.7 Å². The van der Waals surface area contributed by atoms with Gasteiger partial charge in [-0.25, -0.2) is 9.59 Å². The Hall–Kier alpha value is -3.75. The van der Waals surface area contributed by atoms with Crippen LogP contribution in [0.15, 0.2) is 36.4 Å². The molecule has 1 aliphatic heterocycles. The van der Waals surface area contributed by atoms with Crippen LogP contribution >= 0.6 is 0 Å². The molecule has 9 heteroatoms. The van der Waals surface area contributed by atoms with Gasteiger partial charge in [-0.15, -0.1) is 0 Å². The lowest BCUT2D eigenvalue weighted by molar-refractivity contribution is -0.118. The van der Waals surface area contributed by atoms with E-state index in [1.165, 1.54) is 32.4 Å². The normalized spacial score (nSPS) is 11.9. The summed E-state index contributed by atoms with van der Waals surface area (Å²) in [5.74, 6) is -0.205. The molecular weight excluding hydrogens is 382 g/mol. The Morgan fingerprint density at radius 2 is 1.52 bits per heavy atom. The maximum absolute atomic E-state index is 12.3. The lowest BCUT2D eigenvalue weighted by atomic mass is 10.1. The summed E-state index contributed by atoms with van der Waals surface area (Å²) in [6, 6.07) is 9.09. The fourth-order valence-electron chi connectivity index (χ4n) is 2.63. The number of hydrogen-bond acceptors (Lipinski definition) is 8. The van der Waals surface area contributed by atoms with Gasteiger partial charge in [0.15, 0.2) is 18.1 Å². The van der Waals surface area contributed by atoms with Gasteiger partial charge in [0, 0.05) is 11.8 Å². The third-order valence-corrected chi connectivity index (χ3v) is 3.94. The summed E-state index contributed by atoms with van der Waals surface area (Å²) in [5, 5.41) is 2.58. The average Bonchev–Trinajstić information content (AvgIpc) is 2.76. The molecule has 0 bridgehead atoms. The Labute approximate surface area is 166 Å². The van der Waals surface area contributed by atoms with Crippen molar-refractivity contribution in [3.63, 3.8) is 0 Å². The number of methoxy groups -OCH3 is 2. The number of amides is 1. The summed E-state index contributed by atoms with van der Waals surface area (Å²) in [7, 11) is 2.43.